The lowest BCUT2D eigenvalue weighted by Gasteiger charge is -2.00. The first-order chi connectivity index (χ1) is 11.7. The highest BCUT2D eigenvalue weighted by Gasteiger charge is 2.02. The van der Waals surface area contributed by atoms with Crippen molar-refractivity contribution in [1.82, 2.24) is 0 Å². The van der Waals surface area contributed by atoms with Gasteiger partial charge in [-0.15, -0.1) is 0 Å². The summed E-state index contributed by atoms with van der Waals surface area (Å²) in [4.78, 5) is 22.0. The van der Waals surface area contributed by atoms with E-state index in [-0.39, 0.29) is 11.9 Å². The standard InChI is InChI=1S/2C10H12O2/c2*1-2-12-10(11)8-9-6-4-3-5-7-9/h2*3-7H,2,8H2,1H3. The zero-order valence-corrected chi connectivity index (χ0v) is 14.2. The SMILES string of the molecule is CCOC(=O)Cc1ccccc1.CCOC(=O)Cc1ccccc1. The predicted octanol–water partition coefficient (Wildman–Crippen LogP) is 3.58. The highest BCUT2D eigenvalue weighted by molar-refractivity contribution is 5.72. The second-order valence-corrected chi connectivity index (χ2v) is 4.93. The predicted molar refractivity (Wildman–Crippen MR) is 93.6 cm³/mol. The maximum absolute atomic E-state index is 11.0. The van der Waals surface area contributed by atoms with Crippen molar-refractivity contribution < 1.29 is 19.1 Å². The Balaban J connectivity index is 0.000000240. The van der Waals surface area contributed by atoms with Gasteiger partial charge in [0.15, 0.2) is 0 Å². The number of benzene rings is 2. The van der Waals surface area contributed by atoms with Gasteiger partial charge in [0, 0.05) is 0 Å². The first-order valence-electron chi connectivity index (χ1n) is 8.04. The monoisotopic (exact) mass is 328 g/mol. The van der Waals surface area contributed by atoms with Crippen LogP contribution < -0.4 is 0 Å². The van der Waals surface area contributed by atoms with Crippen LogP contribution in [0.2, 0.25) is 0 Å². The van der Waals surface area contributed by atoms with E-state index >= 15 is 0 Å². The van der Waals surface area contributed by atoms with Crippen molar-refractivity contribution in [3.8, 4) is 0 Å². The summed E-state index contributed by atoms with van der Waals surface area (Å²) >= 11 is 0. The fourth-order valence-electron chi connectivity index (χ4n) is 1.95. The van der Waals surface area contributed by atoms with Gasteiger partial charge in [0.2, 0.25) is 0 Å². The summed E-state index contributed by atoms with van der Waals surface area (Å²) < 4.78 is 9.61. The summed E-state index contributed by atoms with van der Waals surface area (Å²) in [5.41, 5.74) is 1.99. The minimum absolute atomic E-state index is 0.163. The minimum atomic E-state index is -0.163. The lowest BCUT2D eigenvalue weighted by molar-refractivity contribution is -0.143. The van der Waals surface area contributed by atoms with Gasteiger partial charge < -0.3 is 9.47 Å². The smallest absolute Gasteiger partial charge is 0.310 e. The lowest BCUT2D eigenvalue weighted by Crippen LogP contribution is -2.06. The molecule has 2 aromatic rings. The van der Waals surface area contributed by atoms with Gasteiger partial charge in [-0.2, -0.15) is 0 Å². The van der Waals surface area contributed by atoms with Crippen LogP contribution in [0.15, 0.2) is 60.7 Å². The maximum atomic E-state index is 11.0. The van der Waals surface area contributed by atoms with Crippen LogP contribution in [0.4, 0.5) is 0 Å². The molecule has 0 unspecified atom stereocenters. The maximum Gasteiger partial charge on any atom is 0.310 e. The van der Waals surface area contributed by atoms with E-state index in [1.165, 1.54) is 0 Å². The van der Waals surface area contributed by atoms with E-state index in [0.717, 1.165) is 11.1 Å². The summed E-state index contributed by atoms with van der Waals surface area (Å²) in [7, 11) is 0. The molecule has 0 saturated heterocycles. The normalized spacial score (nSPS) is 9.42. The summed E-state index contributed by atoms with van der Waals surface area (Å²) in [6.45, 7) is 4.52. The topological polar surface area (TPSA) is 52.6 Å². The van der Waals surface area contributed by atoms with Crippen LogP contribution in [-0.4, -0.2) is 25.2 Å². The van der Waals surface area contributed by atoms with Crippen molar-refractivity contribution in [2.45, 2.75) is 26.7 Å². The Morgan fingerprint density at radius 2 is 1.00 bits per heavy atom. The Morgan fingerprint density at radius 1 is 0.667 bits per heavy atom. The number of esters is 2. The van der Waals surface area contributed by atoms with E-state index in [0.29, 0.717) is 26.1 Å². The van der Waals surface area contributed by atoms with Gasteiger partial charge in [0.1, 0.15) is 0 Å². The molecule has 0 aliphatic rings. The molecule has 0 bridgehead atoms. The molecule has 2 aromatic carbocycles. The molecule has 0 N–H and O–H groups in total. The Morgan fingerprint density at radius 3 is 1.29 bits per heavy atom. The summed E-state index contributed by atoms with van der Waals surface area (Å²) in [5, 5.41) is 0. The van der Waals surface area contributed by atoms with Crippen LogP contribution in [0, 0.1) is 0 Å². The second kappa shape index (κ2) is 11.9. The van der Waals surface area contributed by atoms with Gasteiger partial charge in [0.25, 0.3) is 0 Å². The highest BCUT2D eigenvalue weighted by atomic mass is 16.5. The molecule has 0 amide bonds. The van der Waals surface area contributed by atoms with E-state index in [9.17, 15) is 9.59 Å². The molecule has 0 spiro atoms. The largest absolute Gasteiger partial charge is 0.466 e. The van der Waals surface area contributed by atoms with E-state index < -0.39 is 0 Å². The molecular weight excluding hydrogens is 304 g/mol. The van der Waals surface area contributed by atoms with Crippen molar-refractivity contribution in [3.05, 3.63) is 71.8 Å². The van der Waals surface area contributed by atoms with Crippen LogP contribution in [0.3, 0.4) is 0 Å². The van der Waals surface area contributed by atoms with Gasteiger partial charge in [-0.3, -0.25) is 9.59 Å². The molecule has 0 atom stereocenters. The molecule has 4 heteroatoms. The van der Waals surface area contributed by atoms with Crippen molar-refractivity contribution in [2.24, 2.45) is 0 Å². The van der Waals surface area contributed by atoms with Gasteiger partial charge in [-0.25, -0.2) is 0 Å². The molecule has 0 heterocycles. The number of carbonyl (C=O) groups is 2. The fourth-order valence-corrected chi connectivity index (χ4v) is 1.95. The molecule has 0 saturated carbocycles. The molecule has 0 aliphatic heterocycles. The third kappa shape index (κ3) is 8.73. The molecule has 4 nitrogen and oxygen atoms in total. The summed E-state index contributed by atoms with van der Waals surface area (Å²) in [5.74, 6) is -0.326. The second-order valence-electron chi connectivity index (χ2n) is 4.93. The van der Waals surface area contributed by atoms with E-state index in [1.807, 2.05) is 74.5 Å². The third-order valence-electron chi connectivity index (χ3n) is 2.99. The first-order valence-corrected chi connectivity index (χ1v) is 8.04. The summed E-state index contributed by atoms with van der Waals surface area (Å²) in [6, 6.07) is 19.2. The molecule has 0 aliphatic carbocycles. The lowest BCUT2D eigenvalue weighted by atomic mass is 10.2. The molecule has 24 heavy (non-hydrogen) atoms. The van der Waals surface area contributed by atoms with Crippen molar-refractivity contribution in [1.29, 1.82) is 0 Å². The Bertz CT molecular complexity index is 538. The fraction of sp³-hybridized carbons (Fsp3) is 0.300. The van der Waals surface area contributed by atoms with E-state index in [4.69, 9.17) is 9.47 Å². The molecule has 0 fully saturated rings. The molecule has 0 aromatic heterocycles. The van der Waals surface area contributed by atoms with Gasteiger partial charge in [-0.1, -0.05) is 60.7 Å². The quantitative estimate of drug-likeness (QED) is 0.761. The minimum Gasteiger partial charge on any atom is -0.466 e. The number of ether oxygens (including phenoxy) is 2. The molecule has 2 rings (SSSR count). The van der Waals surface area contributed by atoms with Crippen molar-refractivity contribution >= 4 is 11.9 Å². The molecule has 0 radical (unpaired) electrons. The zero-order valence-electron chi connectivity index (χ0n) is 14.2. The highest BCUT2D eigenvalue weighted by Crippen LogP contribution is 2.01. The first kappa shape index (κ1) is 19.4. The van der Waals surface area contributed by atoms with Crippen LogP contribution in [-0.2, 0) is 31.9 Å². The van der Waals surface area contributed by atoms with E-state index in [1.54, 1.807) is 0 Å². The van der Waals surface area contributed by atoms with Crippen LogP contribution in [0.25, 0.3) is 0 Å². The van der Waals surface area contributed by atoms with Crippen molar-refractivity contribution in [3.63, 3.8) is 0 Å². The van der Waals surface area contributed by atoms with Gasteiger partial charge in [-0.05, 0) is 25.0 Å². The number of hydrogen-bond donors (Lipinski definition) is 0. The number of rotatable bonds is 6. The zero-order chi connectivity index (χ0) is 17.6. The Kier molecular flexibility index (Phi) is 9.62. The average molecular weight is 328 g/mol. The average Bonchev–Trinajstić information content (AvgIpc) is 2.58. The van der Waals surface area contributed by atoms with Crippen LogP contribution in [0.1, 0.15) is 25.0 Å². The third-order valence-corrected chi connectivity index (χ3v) is 2.99. The van der Waals surface area contributed by atoms with Crippen LogP contribution >= 0.6 is 0 Å². The molecule has 128 valence electrons. The molecular formula is C20H24O4. The van der Waals surface area contributed by atoms with Crippen LogP contribution in [0.5, 0.6) is 0 Å². The Labute approximate surface area is 143 Å². The Hall–Kier alpha value is -2.62. The number of carbonyl (C=O) groups excluding carboxylic acids is 2. The van der Waals surface area contributed by atoms with E-state index in [2.05, 4.69) is 0 Å². The van der Waals surface area contributed by atoms with Gasteiger partial charge in [0.05, 0.1) is 26.1 Å². The summed E-state index contributed by atoms with van der Waals surface area (Å²) in [6.07, 6.45) is 0.739. The van der Waals surface area contributed by atoms with Gasteiger partial charge >= 0.3 is 11.9 Å². The van der Waals surface area contributed by atoms with Crippen molar-refractivity contribution in [2.75, 3.05) is 13.2 Å². The number of hydrogen-bond acceptors (Lipinski definition) is 4.